The van der Waals surface area contributed by atoms with Crippen LogP contribution in [-0.4, -0.2) is 34.5 Å². The summed E-state index contributed by atoms with van der Waals surface area (Å²) in [4.78, 5) is 25.8. The van der Waals surface area contributed by atoms with Gasteiger partial charge in [-0.3, -0.25) is 4.99 Å². The van der Waals surface area contributed by atoms with Gasteiger partial charge in [0.1, 0.15) is 5.75 Å². The van der Waals surface area contributed by atoms with E-state index in [0.29, 0.717) is 11.4 Å². The van der Waals surface area contributed by atoms with Crippen LogP contribution >= 0.6 is 11.6 Å². The van der Waals surface area contributed by atoms with Gasteiger partial charge in [-0.2, -0.15) is 0 Å². The zero-order valence-corrected chi connectivity index (χ0v) is 13.4. The first-order chi connectivity index (χ1) is 11.4. The predicted octanol–water partition coefficient (Wildman–Crippen LogP) is 3.64. The molecule has 0 aliphatic rings. The van der Waals surface area contributed by atoms with Crippen molar-refractivity contribution in [2.24, 2.45) is 4.99 Å². The molecule has 0 saturated heterocycles. The van der Waals surface area contributed by atoms with Crippen LogP contribution in [0.2, 0.25) is 5.02 Å². The molecule has 2 aromatic rings. The molecule has 0 amide bonds. The minimum Gasteiger partial charge on any atom is -0.479 e. The summed E-state index contributed by atoms with van der Waals surface area (Å²) in [6.45, 7) is 1.45. The molecule has 0 unspecified atom stereocenters. The van der Waals surface area contributed by atoms with Crippen LogP contribution in [0, 0.1) is 0 Å². The Morgan fingerprint density at radius 3 is 2.38 bits per heavy atom. The fourth-order valence-electron chi connectivity index (χ4n) is 1.79. The Hall–Kier alpha value is -2.86. The first kappa shape index (κ1) is 17.5. The molecule has 124 valence electrons. The molecule has 0 aliphatic carbocycles. The van der Waals surface area contributed by atoms with Crippen molar-refractivity contribution in [1.29, 1.82) is 0 Å². The summed E-state index contributed by atoms with van der Waals surface area (Å²) < 4.78 is 5.23. The highest BCUT2D eigenvalue weighted by molar-refractivity contribution is 6.33. The van der Waals surface area contributed by atoms with Crippen molar-refractivity contribution in [2.45, 2.75) is 13.0 Å². The van der Waals surface area contributed by atoms with E-state index < -0.39 is 18.0 Å². The summed E-state index contributed by atoms with van der Waals surface area (Å²) in [5, 5.41) is 17.8. The quantitative estimate of drug-likeness (QED) is 0.778. The highest BCUT2D eigenvalue weighted by Gasteiger charge is 2.12. The Morgan fingerprint density at radius 1 is 1.17 bits per heavy atom. The predicted molar refractivity (Wildman–Crippen MR) is 89.8 cm³/mol. The lowest BCUT2D eigenvalue weighted by Gasteiger charge is -2.09. The van der Waals surface area contributed by atoms with E-state index in [1.807, 2.05) is 0 Å². The van der Waals surface area contributed by atoms with E-state index in [0.717, 1.165) is 5.56 Å². The van der Waals surface area contributed by atoms with Crippen molar-refractivity contribution < 1.29 is 24.5 Å². The number of benzene rings is 2. The van der Waals surface area contributed by atoms with Gasteiger partial charge in [0.2, 0.25) is 0 Å². The average molecular weight is 348 g/mol. The molecule has 1 atom stereocenters. The summed E-state index contributed by atoms with van der Waals surface area (Å²) in [5.74, 6) is -1.69. The molecule has 0 radical (unpaired) electrons. The van der Waals surface area contributed by atoms with Crippen molar-refractivity contribution in [3.05, 3.63) is 58.6 Å². The van der Waals surface area contributed by atoms with Crippen molar-refractivity contribution in [3.8, 4) is 5.75 Å². The largest absolute Gasteiger partial charge is 0.479 e. The molecule has 7 heteroatoms. The minimum atomic E-state index is -1.10. The highest BCUT2D eigenvalue weighted by Crippen LogP contribution is 2.23. The zero-order chi connectivity index (χ0) is 17.7. The monoisotopic (exact) mass is 347 g/mol. The number of rotatable bonds is 6. The number of hydrogen-bond acceptors (Lipinski definition) is 4. The van der Waals surface area contributed by atoms with Gasteiger partial charge in [-0.05, 0) is 55.0 Å². The maximum Gasteiger partial charge on any atom is 0.344 e. The maximum atomic E-state index is 10.9. The Bertz CT molecular complexity index is 786. The summed E-state index contributed by atoms with van der Waals surface area (Å²) in [7, 11) is 0. The maximum absolute atomic E-state index is 10.9. The van der Waals surface area contributed by atoms with Gasteiger partial charge in [0.25, 0.3) is 0 Å². The molecule has 2 aromatic carbocycles. The van der Waals surface area contributed by atoms with Gasteiger partial charge in [-0.25, -0.2) is 9.59 Å². The van der Waals surface area contributed by atoms with E-state index in [4.69, 9.17) is 26.6 Å². The third kappa shape index (κ3) is 4.57. The van der Waals surface area contributed by atoms with Gasteiger partial charge in [0.15, 0.2) is 6.10 Å². The number of aliphatic imine (C=N–C) groups is 1. The second-order valence-corrected chi connectivity index (χ2v) is 5.30. The van der Waals surface area contributed by atoms with Crippen molar-refractivity contribution >= 4 is 35.4 Å². The number of carboxylic acids is 2. The van der Waals surface area contributed by atoms with Crippen LogP contribution in [0.1, 0.15) is 22.8 Å². The van der Waals surface area contributed by atoms with Gasteiger partial charge in [0.05, 0.1) is 16.3 Å². The Kier molecular flexibility index (Phi) is 5.55. The van der Waals surface area contributed by atoms with Gasteiger partial charge < -0.3 is 14.9 Å². The molecule has 0 bridgehead atoms. The molecule has 0 heterocycles. The van der Waals surface area contributed by atoms with Crippen molar-refractivity contribution in [3.63, 3.8) is 0 Å². The van der Waals surface area contributed by atoms with Crippen LogP contribution in [0.5, 0.6) is 5.75 Å². The molecular weight excluding hydrogens is 334 g/mol. The lowest BCUT2D eigenvalue weighted by Crippen LogP contribution is -2.22. The van der Waals surface area contributed by atoms with Gasteiger partial charge in [0, 0.05) is 6.21 Å². The second kappa shape index (κ2) is 7.61. The smallest absolute Gasteiger partial charge is 0.344 e. The SMILES string of the molecule is C[C@H](Oc1ccc(C=Nc2ccc(C(=O)O)c(Cl)c2)cc1)C(=O)O. The van der Waals surface area contributed by atoms with Crippen LogP contribution in [0.25, 0.3) is 0 Å². The first-order valence-electron chi connectivity index (χ1n) is 6.93. The number of ether oxygens (including phenoxy) is 1. The summed E-state index contributed by atoms with van der Waals surface area (Å²) in [6, 6.07) is 11.1. The van der Waals surface area contributed by atoms with E-state index in [-0.39, 0.29) is 10.6 Å². The van der Waals surface area contributed by atoms with Crippen LogP contribution in [0.4, 0.5) is 5.69 Å². The number of hydrogen-bond donors (Lipinski definition) is 2. The van der Waals surface area contributed by atoms with E-state index in [2.05, 4.69) is 4.99 Å². The van der Waals surface area contributed by atoms with Crippen molar-refractivity contribution in [2.75, 3.05) is 0 Å². The topological polar surface area (TPSA) is 96.2 Å². The molecule has 0 spiro atoms. The van der Waals surface area contributed by atoms with Gasteiger partial charge >= 0.3 is 11.9 Å². The van der Waals surface area contributed by atoms with Crippen molar-refractivity contribution in [1.82, 2.24) is 0 Å². The second-order valence-electron chi connectivity index (χ2n) is 4.89. The number of halogens is 1. The number of aromatic carboxylic acids is 1. The van der Waals surface area contributed by atoms with Crippen LogP contribution in [-0.2, 0) is 4.79 Å². The summed E-state index contributed by atoms with van der Waals surface area (Å²) in [5.41, 5.74) is 1.30. The van der Waals surface area contributed by atoms with E-state index in [9.17, 15) is 9.59 Å². The van der Waals surface area contributed by atoms with Crippen LogP contribution < -0.4 is 4.74 Å². The Labute approximate surface area is 143 Å². The molecule has 6 nitrogen and oxygen atoms in total. The van der Waals surface area contributed by atoms with E-state index in [1.165, 1.54) is 19.1 Å². The van der Waals surface area contributed by atoms with Gasteiger partial charge in [-0.1, -0.05) is 11.6 Å². The average Bonchev–Trinajstić information content (AvgIpc) is 2.53. The van der Waals surface area contributed by atoms with E-state index >= 15 is 0 Å². The van der Waals surface area contributed by atoms with Crippen LogP contribution in [0.15, 0.2) is 47.5 Å². The molecule has 0 aromatic heterocycles. The molecule has 24 heavy (non-hydrogen) atoms. The summed E-state index contributed by atoms with van der Waals surface area (Å²) in [6.07, 6.45) is 0.649. The molecular formula is C17H14ClNO5. The normalized spacial score (nSPS) is 12.1. The number of carbonyl (C=O) groups is 2. The third-order valence-electron chi connectivity index (χ3n) is 3.09. The first-order valence-corrected chi connectivity index (χ1v) is 7.31. The number of aliphatic carboxylic acids is 1. The summed E-state index contributed by atoms with van der Waals surface area (Å²) >= 11 is 5.88. The fourth-order valence-corrected chi connectivity index (χ4v) is 2.05. The van der Waals surface area contributed by atoms with Gasteiger partial charge in [-0.15, -0.1) is 0 Å². The van der Waals surface area contributed by atoms with Crippen LogP contribution in [0.3, 0.4) is 0 Å². The Morgan fingerprint density at radius 2 is 1.83 bits per heavy atom. The number of carboxylic acid groups (broad SMARTS) is 2. The third-order valence-corrected chi connectivity index (χ3v) is 3.40. The lowest BCUT2D eigenvalue weighted by molar-refractivity contribution is -0.144. The fraction of sp³-hybridized carbons (Fsp3) is 0.118. The molecule has 2 rings (SSSR count). The molecule has 2 N–H and O–H groups in total. The highest BCUT2D eigenvalue weighted by atomic mass is 35.5. The molecule has 0 aliphatic heterocycles. The molecule has 0 fully saturated rings. The van der Waals surface area contributed by atoms with E-state index in [1.54, 1.807) is 36.5 Å². The standard InChI is InChI=1S/C17H14ClNO5/c1-10(16(20)21)24-13-5-2-11(3-6-13)9-19-12-4-7-14(17(22)23)15(18)8-12/h2-10H,1H3,(H,20,21)(H,22,23)/t10-/m0/s1. The minimum absolute atomic E-state index is 0.0182. The Balaban J connectivity index is 2.08. The zero-order valence-electron chi connectivity index (χ0n) is 12.6. The molecule has 0 saturated carbocycles. The number of nitrogens with zero attached hydrogens (tertiary/aromatic N) is 1. The lowest BCUT2D eigenvalue weighted by atomic mass is 10.2.